The molecule has 15 heavy (non-hydrogen) atoms. The number of benzene rings is 1. The standard InChI is InChI=1S/C10H11FN4/c1-15-9(13-10(12)14-15)6-7-2-4-8(11)5-3-7/h2-5H,6H2,1H3,(H2,12,14)/p+1. The molecule has 2 rings (SSSR count). The molecule has 78 valence electrons. The number of aromatic amines is 1. The van der Waals surface area contributed by atoms with Gasteiger partial charge in [-0.25, -0.2) is 4.39 Å². The fraction of sp³-hybridized carbons (Fsp3) is 0.200. The van der Waals surface area contributed by atoms with Crippen LogP contribution in [0.25, 0.3) is 0 Å². The van der Waals surface area contributed by atoms with E-state index in [4.69, 9.17) is 5.73 Å². The molecule has 1 heterocycles. The molecule has 0 radical (unpaired) electrons. The van der Waals surface area contributed by atoms with Crippen molar-refractivity contribution >= 4 is 5.95 Å². The van der Waals surface area contributed by atoms with Crippen LogP contribution >= 0.6 is 0 Å². The van der Waals surface area contributed by atoms with Gasteiger partial charge in [0.2, 0.25) is 0 Å². The number of H-pyrrole nitrogens is 1. The molecule has 0 aliphatic carbocycles. The van der Waals surface area contributed by atoms with Crippen LogP contribution in [0.4, 0.5) is 10.3 Å². The summed E-state index contributed by atoms with van der Waals surface area (Å²) in [6, 6.07) is 6.34. The highest BCUT2D eigenvalue weighted by Gasteiger charge is 2.14. The fourth-order valence-corrected chi connectivity index (χ4v) is 1.42. The molecule has 1 aromatic carbocycles. The molecule has 1 aromatic heterocycles. The Kier molecular flexibility index (Phi) is 2.37. The van der Waals surface area contributed by atoms with Crippen LogP contribution in [-0.2, 0) is 13.5 Å². The first kappa shape index (κ1) is 9.64. The van der Waals surface area contributed by atoms with Gasteiger partial charge in [-0.1, -0.05) is 12.1 Å². The van der Waals surface area contributed by atoms with Gasteiger partial charge in [-0.3, -0.25) is 0 Å². The highest BCUT2D eigenvalue weighted by atomic mass is 19.1. The zero-order valence-corrected chi connectivity index (χ0v) is 8.37. The van der Waals surface area contributed by atoms with Crippen molar-refractivity contribution in [1.82, 2.24) is 10.1 Å². The number of aromatic nitrogens is 3. The third-order valence-corrected chi connectivity index (χ3v) is 2.19. The van der Waals surface area contributed by atoms with Gasteiger partial charge < -0.3 is 5.73 Å². The molecular weight excluding hydrogens is 195 g/mol. The van der Waals surface area contributed by atoms with Gasteiger partial charge in [-0.2, -0.15) is 9.78 Å². The summed E-state index contributed by atoms with van der Waals surface area (Å²) in [6.45, 7) is 0. The first-order chi connectivity index (χ1) is 7.15. The zero-order chi connectivity index (χ0) is 10.8. The van der Waals surface area contributed by atoms with E-state index in [0.29, 0.717) is 12.4 Å². The summed E-state index contributed by atoms with van der Waals surface area (Å²) in [5.74, 6) is 0.971. The number of hydrogen-bond acceptors (Lipinski definition) is 2. The normalized spacial score (nSPS) is 10.5. The summed E-state index contributed by atoms with van der Waals surface area (Å²) in [5, 5.41) is 2.85. The zero-order valence-electron chi connectivity index (χ0n) is 8.37. The topological polar surface area (TPSA) is 58.6 Å². The number of nitrogens with one attached hydrogen (secondary N) is 1. The van der Waals surface area contributed by atoms with Gasteiger partial charge in [0.1, 0.15) is 12.9 Å². The summed E-state index contributed by atoms with van der Waals surface area (Å²) in [4.78, 5) is 4.12. The van der Waals surface area contributed by atoms with Crippen molar-refractivity contribution in [3.05, 3.63) is 41.5 Å². The second-order valence-corrected chi connectivity index (χ2v) is 3.39. The second-order valence-electron chi connectivity index (χ2n) is 3.39. The van der Waals surface area contributed by atoms with Gasteiger partial charge in [0.05, 0.1) is 6.42 Å². The Morgan fingerprint density at radius 1 is 1.40 bits per heavy atom. The molecule has 0 atom stereocenters. The van der Waals surface area contributed by atoms with Gasteiger partial charge in [-0.05, 0) is 22.7 Å². The van der Waals surface area contributed by atoms with E-state index in [1.807, 2.05) is 7.05 Å². The molecule has 5 heteroatoms. The van der Waals surface area contributed by atoms with Crippen LogP contribution in [0, 0.1) is 5.82 Å². The molecule has 0 spiro atoms. The van der Waals surface area contributed by atoms with Crippen LogP contribution in [0.2, 0.25) is 0 Å². The lowest BCUT2D eigenvalue weighted by atomic mass is 10.1. The molecule has 0 saturated heterocycles. The summed E-state index contributed by atoms with van der Waals surface area (Å²) in [5.41, 5.74) is 6.51. The van der Waals surface area contributed by atoms with E-state index >= 15 is 0 Å². The number of nitrogens with two attached hydrogens (primary N) is 1. The molecular formula is C10H12FN4+. The van der Waals surface area contributed by atoms with Gasteiger partial charge in [0, 0.05) is 0 Å². The van der Waals surface area contributed by atoms with E-state index in [-0.39, 0.29) is 5.82 Å². The molecule has 0 unspecified atom stereocenters. The first-order valence-corrected chi connectivity index (χ1v) is 4.60. The second kappa shape index (κ2) is 3.68. The maximum atomic E-state index is 12.7. The van der Waals surface area contributed by atoms with E-state index in [1.165, 1.54) is 12.1 Å². The number of nitrogen functional groups attached to an aromatic ring is 1. The number of nitrogens with zero attached hydrogens (tertiary/aromatic N) is 2. The van der Waals surface area contributed by atoms with Crippen molar-refractivity contribution in [3.63, 3.8) is 0 Å². The van der Waals surface area contributed by atoms with Gasteiger partial charge in [0.15, 0.2) is 0 Å². The summed E-state index contributed by atoms with van der Waals surface area (Å²) >= 11 is 0. The predicted molar refractivity (Wildman–Crippen MR) is 53.4 cm³/mol. The van der Waals surface area contributed by atoms with Crippen molar-refractivity contribution in [1.29, 1.82) is 0 Å². The summed E-state index contributed by atoms with van der Waals surface area (Å²) in [7, 11) is 1.84. The minimum atomic E-state index is -0.232. The lowest BCUT2D eigenvalue weighted by Crippen LogP contribution is -2.34. The first-order valence-electron chi connectivity index (χ1n) is 4.60. The lowest BCUT2D eigenvalue weighted by Gasteiger charge is -1.94. The third kappa shape index (κ3) is 2.12. The minimum absolute atomic E-state index is 0.232. The monoisotopic (exact) mass is 207 g/mol. The molecule has 0 saturated carbocycles. The van der Waals surface area contributed by atoms with E-state index in [0.717, 1.165) is 11.4 Å². The number of rotatable bonds is 2. The molecule has 4 nitrogen and oxygen atoms in total. The van der Waals surface area contributed by atoms with Crippen LogP contribution in [0.3, 0.4) is 0 Å². The van der Waals surface area contributed by atoms with Crippen LogP contribution in [0.5, 0.6) is 0 Å². The average Bonchev–Trinajstić information content (AvgIpc) is 2.49. The lowest BCUT2D eigenvalue weighted by molar-refractivity contribution is -0.733. The Morgan fingerprint density at radius 2 is 2.07 bits per heavy atom. The van der Waals surface area contributed by atoms with E-state index in [2.05, 4.69) is 10.1 Å². The van der Waals surface area contributed by atoms with E-state index in [9.17, 15) is 4.39 Å². The third-order valence-electron chi connectivity index (χ3n) is 2.19. The fourth-order valence-electron chi connectivity index (χ4n) is 1.42. The average molecular weight is 207 g/mol. The molecule has 2 aromatic rings. The summed E-state index contributed by atoms with van der Waals surface area (Å²) < 4.78 is 14.4. The van der Waals surface area contributed by atoms with Crippen LogP contribution in [0.1, 0.15) is 11.4 Å². The molecule has 0 amide bonds. The van der Waals surface area contributed by atoms with E-state index < -0.39 is 0 Å². The SMILES string of the molecule is C[n+]1[nH]c(N)nc1Cc1ccc(F)cc1. The van der Waals surface area contributed by atoms with Crippen molar-refractivity contribution in [3.8, 4) is 0 Å². The Morgan fingerprint density at radius 3 is 2.60 bits per heavy atom. The van der Waals surface area contributed by atoms with Crippen molar-refractivity contribution in [2.45, 2.75) is 6.42 Å². The van der Waals surface area contributed by atoms with Crippen LogP contribution in [0.15, 0.2) is 24.3 Å². The smallest absolute Gasteiger partial charge is 0.345 e. The molecule has 0 aliphatic rings. The number of anilines is 1. The Bertz CT molecular complexity index is 461. The maximum Gasteiger partial charge on any atom is 0.345 e. The predicted octanol–water partition coefficient (Wildman–Crippen LogP) is 0.546. The maximum absolute atomic E-state index is 12.7. The van der Waals surface area contributed by atoms with Crippen molar-refractivity contribution in [2.24, 2.45) is 7.05 Å². The molecule has 0 aliphatic heterocycles. The van der Waals surface area contributed by atoms with Gasteiger partial charge >= 0.3 is 11.8 Å². The highest BCUT2D eigenvalue weighted by molar-refractivity contribution is 5.20. The molecule has 0 bridgehead atoms. The minimum Gasteiger partial charge on any atom is -0.345 e. The van der Waals surface area contributed by atoms with E-state index in [1.54, 1.807) is 16.8 Å². The van der Waals surface area contributed by atoms with Crippen LogP contribution in [-0.4, -0.2) is 10.1 Å². The highest BCUT2D eigenvalue weighted by Crippen LogP contribution is 2.06. The number of aryl methyl sites for hydroxylation is 1. The largest absolute Gasteiger partial charge is 0.345 e. The summed E-state index contributed by atoms with van der Waals surface area (Å²) in [6.07, 6.45) is 0.629. The Balaban J connectivity index is 2.21. The number of halogens is 1. The Labute approximate surface area is 86.6 Å². The van der Waals surface area contributed by atoms with Crippen LogP contribution < -0.4 is 10.4 Å². The van der Waals surface area contributed by atoms with Crippen molar-refractivity contribution in [2.75, 3.05) is 5.73 Å². The van der Waals surface area contributed by atoms with Gasteiger partial charge in [-0.15, -0.1) is 0 Å². The molecule has 3 N–H and O–H groups in total. The van der Waals surface area contributed by atoms with Crippen molar-refractivity contribution < 1.29 is 9.07 Å². The Hall–Kier alpha value is -1.91. The quantitative estimate of drug-likeness (QED) is 0.706. The molecule has 0 fully saturated rings. The number of hydrogen-bond donors (Lipinski definition) is 2. The van der Waals surface area contributed by atoms with Gasteiger partial charge in [0.25, 0.3) is 0 Å².